The molecular formula is C20H24O2. The number of phenolic OH excluding ortho intramolecular Hbond substituents is 2. The number of unbranched alkanes of at least 4 members (excludes halogenated alkanes) is 3. The molecule has 0 aromatic heterocycles. The predicted molar refractivity (Wildman–Crippen MR) is 93.0 cm³/mol. The fourth-order valence-corrected chi connectivity index (χ4v) is 2.46. The van der Waals surface area contributed by atoms with E-state index in [0.717, 1.165) is 17.5 Å². The van der Waals surface area contributed by atoms with E-state index in [2.05, 4.69) is 6.92 Å². The number of aromatic hydroxyl groups is 2. The third-order valence-electron chi connectivity index (χ3n) is 3.79. The third-order valence-corrected chi connectivity index (χ3v) is 3.79. The van der Waals surface area contributed by atoms with E-state index in [4.69, 9.17) is 0 Å². The topological polar surface area (TPSA) is 40.5 Å². The summed E-state index contributed by atoms with van der Waals surface area (Å²) >= 11 is 0. The fraction of sp³-hybridized carbons (Fsp3) is 0.300. The van der Waals surface area contributed by atoms with Crippen molar-refractivity contribution < 1.29 is 10.2 Å². The molecule has 2 heteroatoms. The molecule has 0 unspecified atom stereocenters. The first kappa shape index (κ1) is 16.2. The standard InChI is InChI=1S/C20H24O2/c1-2-3-4-5-8-16-11-14-20(22)18(15-16)13-12-17-9-6-7-10-19(17)21/h6-7,9-15,21-22H,2-5,8H2,1H3/b13-12+. The van der Waals surface area contributed by atoms with Crippen molar-refractivity contribution in [3.8, 4) is 11.5 Å². The SMILES string of the molecule is CCCCCCc1ccc(O)c(/C=C/c2ccccc2O)c1. The summed E-state index contributed by atoms with van der Waals surface area (Å²) in [4.78, 5) is 0. The molecule has 22 heavy (non-hydrogen) atoms. The Labute approximate surface area is 132 Å². The molecule has 0 atom stereocenters. The summed E-state index contributed by atoms with van der Waals surface area (Å²) in [6.07, 6.45) is 9.66. The van der Waals surface area contributed by atoms with Crippen LogP contribution in [-0.2, 0) is 6.42 Å². The summed E-state index contributed by atoms with van der Waals surface area (Å²) in [6.45, 7) is 2.21. The Kier molecular flexibility index (Phi) is 6.08. The minimum absolute atomic E-state index is 0.244. The molecule has 0 radical (unpaired) electrons. The predicted octanol–water partition coefficient (Wildman–Crippen LogP) is 5.39. The zero-order valence-electron chi connectivity index (χ0n) is 13.1. The molecule has 2 rings (SSSR count). The molecule has 2 N–H and O–H groups in total. The van der Waals surface area contributed by atoms with Crippen molar-refractivity contribution in [1.29, 1.82) is 0 Å². The fourth-order valence-electron chi connectivity index (χ4n) is 2.46. The number of benzene rings is 2. The number of para-hydroxylation sites is 1. The van der Waals surface area contributed by atoms with Crippen molar-refractivity contribution in [3.63, 3.8) is 0 Å². The first-order chi connectivity index (χ1) is 10.7. The van der Waals surface area contributed by atoms with Gasteiger partial charge in [-0.15, -0.1) is 0 Å². The lowest BCUT2D eigenvalue weighted by molar-refractivity contribution is 0.473. The molecule has 2 aromatic carbocycles. The second-order valence-electron chi connectivity index (χ2n) is 5.60. The second-order valence-corrected chi connectivity index (χ2v) is 5.60. The lowest BCUT2D eigenvalue weighted by atomic mass is 10.0. The molecule has 116 valence electrons. The maximum absolute atomic E-state index is 9.98. The van der Waals surface area contributed by atoms with E-state index < -0.39 is 0 Å². The van der Waals surface area contributed by atoms with Crippen LogP contribution < -0.4 is 0 Å². The summed E-state index contributed by atoms with van der Waals surface area (Å²) < 4.78 is 0. The Bertz CT molecular complexity index is 629. The van der Waals surface area contributed by atoms with E-state index in [0.29, 0.717) is 0 Å². The lowest BCUT2D eigenvalue weighted by Gasteiger charge is -2.05. The largest absolute Gasteiger partial charge is 0.507 e. The van der Waals surface area contributed by atoms with Crippen molar-refractivity contribution >= 4 is 12.2 Å². The normalized spacial score (nSPS) is 11.1. The van der Waals surface area contributed by atoms with Crippen molar-refractivity contribution in [2.75, 3.05) is 0 Å². The van der Waals surface area contributed by atoms with Gasteiger partial charge < -0.3 is 10.2 Å². The van der Waals surface area contributed by atoms with Gasteiger partial charge in [-0.2, -0.15) is 0 Å². The quantitative estimate of drug-likeness (QED) is 0.531. The van der Waals surface area contributed by atoms with Crippen LogP contribution in [0.3, 0.4) is 0 Å². The molecule has 0 heterocycles. The molecule has 0 amide bonds. The van der Waals surface area contributed by atoms with Gasteiger partial charge in [0.1, 0.15) is 11.5 Å². The molecule has 0 aliphatic heterocycles. The van der Waals surface area contributed by atoms with Crippen molar-refractivity contribution in [2.24, 2.45) is 0 Å². The molecule has 0 bridgehead atoms. The molecule has 2 nitrogen and oxygen atoms in total. The van der Waals surface area contributed by atoms with Crippen LogP contribution in [0.15, 0.2) is 42.5 Å². The Morgan fingerprint density at radius 1 is 0.818 bits per heavy atom. The van der Waals surface area contributed by atoms with Crippen LogP contribution in [0, 0.1) is 0 Å². The highest BCUT2D eigenvalue weighted by molar-refractivity contribution is 5.74. The van der Waals surface area contributed by atoms with Crippen LogP contribution >= 0.6 is 0 Å². The van der Waals surface area contributed by atoms with Gasteiger partial charge in [0.15, 0.2) is 0 Å². The zero-order chi connectivity index (χ0) is 15.8. The van der Waals surface area contributed by atoms with Crippen molar-refractivity contribution in [3.05, 3.63) is 59.2 Å². The summed E-state index contributed by atoms with van der Waals surface area (Å²) in [6, 6.07) is 12.9. The van der Waals surface area contributed by atoms with Crippen molar-refractivity contribution in [2.45, 2.75) is 39.0 Å². The molecule has 0 aliphatic carbocycles. The van der Waals surface area contributed by atoms with Gasteiger partial charge in [0.2, 0.25) is 0 Å². The average molecular weight is 296 g/mol. The lowest BCUT2D eigenvalue weighted by Crippen LogP contribution is -1.87. The van der Waals surface area contributed by atoms with Crippen LogP contribution in [0.2, 0.25) is 0 Å². The minimum atomic E-state index is 0.244. The monoisotopic (exact) mass is 296 g/mol. The van der Waals surface area contributed by atoms with Crippen LogP contribution in [0.4, 0.5) is 0 Å². The van der Waals surface area contributed by atoms with Crippen LogP contribution in [0.25, 0.3) is 12.2 Å². The number of rotatable bonds is 7. The molecule has 0 saturated heterocycles. The van der Waals surface area contributed by atoms with Gasteiger partial charge in [0.05, 0.1) is 0 Å². The van der Waals surface area contributed by atoms with E-state index in [-0.39, 0.29) is 11.5 Å². The smallest absolute Gasteiger partial charge is 0.122 e. The van der Waals surface area contributed by atoms with Gasteiger partial charge in [0, 0.05) is 11.1 Å². The number of hydrogen-bond donors (Lipinski definition) is 2. The Morgan fingerprint density at radius 3 is 2.32 bits per heavy atom. The zero-order valence-corrected chi connectivity index (χ0v) is 13.1. The number of aryl methyl sites for hydroxylation is 1. The van der Waals surface area contributed by atoms with Crippen LogP contribution in [-0.4, -0.2) is 10.2 Å². The van der Waals surface area contributed by atoms with E-state index in [1.54, 1.807) is 18.2 Å². The van der Waals surface area contributed by atoms with E-state index in [9.17, 15) is 10.2 Å². The molecule has 0 aliphatic rings. The Hall–Kier alpha value is -2.22. The summed E-state index contributed by atoms with van der Waals surface area (Å²) in [5.74, 6) is 0.512. The van der Waals surface area contributed by atoms with E-state index in [1.807, 2.05) is 36.4 Å². The van der Waals surface area contributed by atoms with Gasteiger partial charge in [0.25, 0.3) is 0 Å². The van der Waals surface area contributed by atoms with Gasteiger partial charge in [-0.1, -0.05) is 62.6 Å². The Balaban J connectivity index is 2.08. The molecule has 0 saturated carbocycles. The highest BCUT2D eigenvalue weighted by Gasteiger charge is 2.01. The maximum Gasteiger partial charge on any atom is 0.122 e. The maximum atomic E-state index is 9.98. The van der Waals surface area contributed by atoms with Crippen molar-refractivity contribution in [1.82, 2.24) is 0 Å². The molecule has 2 aromatic rings. The van der Waals surface area contributed by atoms with Gasteiger partial charge >= 0.3 is 0 Å². The van der Waals surface area contributed by atoms with E-state index in [1.165, 1.54) is 31.2 Å². The average Bonchev–Trinajstić information content (AvgIpc) is 2.53. The van der Waals surface area contributed by atoms with Crippen LogP contribution in [0.1, 0.15) is 49.3 Å². The van der Waals surface area contributed by atoms with Gasteiger partial charge in [-0.05, 0) is 36.6 Å². The molecular weight excluding hydrogens is 272 g/mol. The summed E-state index contributed by atoms with van der Waals surface area (Å²) in [5, 5.41) is 19.7. The highest BCUT2D eigenvalue weighted by atomic mass is 16.3. The Morgan fingerprint density at radius 2 is 1.55 bits per heavy atom. The molecule has 0 fully saturated rings. The van der Waals surface area contributed by atoms with Gasteiger partial charge in [-0.25, -0.2) is 0 Å². The minimum Gasteiger partial charge on any atom is -0.507 e. The highest BCUT2D eigenvalue weighted by Crippen LogP contribution is 2.24. The first-order valence-corrected chi connectivity index (χ1v) is 7.98. The van der Waals surface area contributed by atoms with E-state index >= 15 is 0 Å². The third kappa shape index (κ3) is 4.66. The number of phenols is 2. The second kappa shape index (κ2) is 8.28. The summed E-state index contributed by atoms with van der Waals surface area (Å²) in [5.41, 5.74) is 2.78. The summed E-state index contributed by atoms with van der Waals surface area (Å²) in [7, 11) is 0. The van der Waals surface area contributed by atoms with Gasteiger partial charge in [-0.3, -0.25) is 0 Å². The van der Waals surface area contributed by atoms with Crippen LogP contribution in [0.5, 0.6) is 11.5 Å². The number of hydrogen-bond acceptors (Lipinski definition) is 2. The first-order valence-electron chi connectivity index (χ1n) is 7.98. The molecule has 0 spiro atoms.